The Kier molecular flexibility index (Phi) is 6.66. The lowest BCUT2D eigenvalue weighted by Gasteiger charge is -2.22. The van der Waals surface area contributed by atoms with E-state index in [4.69, 9.17) is 4.74 Å². The molecular weight excluding hydrogens is 432 g/mol. The Morgan fingerprint density at radius 2 is 1.22 bits per heavy atom. The van der Waals surface area contributed by atoms with Crippen LogP contribution in [-0.2, 0) is 11.3 Å². The van der Waals surface area contributed by atoms with Crippen LogP contribution in [0.3, 0.4) is 0 Å². The lowest BCUT2D eigenvalue weighted by molar-refractivity contribution is 0.0516. The molecule has 11 heteroatoms. The van der Waals surface area contributed by atoms with Gasteiger partial charge in [0, 0.05) is 25.1 Å². The number of thioether (sulfide) groups is 4. The number of rotatable bonds is 7. The number of fused-ring (bicyclic) bond motifs is 2. The number of ether oxygens (including phenoxy) is 1. The summed E-state index contributed by atoms with van der Waals surface area (Å²) < 4.78 is 3.32. The largest absolute Gasteiger partial charge is 0.462 e. The summed E-state index contributed by atoms with van der Waals surface area (Å²) in [4.78, 5) is 15.1. The third kappa shape index (κ3) is 3.51. The molecule has 0 saturated heterocycles. The first-order valence-electron chi connectivity index (χ1n) is 8.14. The molecule has 2 aliphatic rings. The van der Waals surface area contributed by atoms with Crippen LogP contribution in [0.15, 0.2) is 19.6 Å². The highest BCUT2D eigenvalue weighted by molar-refractivity contribution is 8.22. The first-order valence-corrected chi connectivity index (χ1v) is 11.4. The number of hydrogen-bond donors (Lipinski definition) is 5. The lowest BCUT2D eigenvalue weighted by Crippen LogP contribution is -2.27. The molecule has 0 amide bonds. The maximum Gasteiger partial charge on any atom is 0.340 e. The predicted octanol–water partition coefficient (Wildman–Crippen LogP) is 1.11. The summed E-state index contributed by atoms with van der Waals surface area (Å²) in [6, 6.07) is 0. The molecule has 1 aromatic rings. The normalized spacial score (nSPS) is 19.0. The van der Waals surface area contributed by atoms with Gasteiger partial charge >= 0.3 is 5.97 Å². The number of benzene rings is 1. The van der Waals surface area contributed by atoms with E-state index >= 15 is 0 Å². The zero-order valence-corrected chi connectivity index (χ0v) is 17.7. The molecule has 1 aromatic carbocycles. The number of carbonyl (C=O) groups excluding carboxylic acids is 1. The molecule has 0 bridgehead atoms. The van der Waals surface area contributed by atoms with Gasteiger partial charge < -0.3 is 30.3 Å². The van der Waals surface area contributed by atoms with Crippen molar-refractivity contribution in [3.63, 3.8) is 0 Å². The highest BCUT2D eigenvalue weighted by Crippen LogP contribution is 2.65. The van der Waals surface area contributed by atoms with E-state index in [-0.39, 0.29) is 39.6 Å². The average Bonchev–Trinajstić information content (AvgIpc) is 3.25. The van der Waals surface area contributed by atoms with Crippen molar-refractivity contribution < 1.29 is 35.1 Å². The second-order valence-corrected chi connectivity index (χ2v) is 12.0. The van der Waals surface area contributed by atoms with Gasteiger partial charge in [-0.2, -0.15) is 0 Å². The second-order valence-electron chi connectivity index (χ2n) is 5.91. The van der Waals surface area contributed by atoms with Crippen LogP contribution >= 0.6 is 47.0 Å². The topological polar surface area (TPSA) is 127 Å². The van der Waals surface area contributed by atoms with Crippen LogP contribution in [-0.4, -0.2) is 72.7 Å². The molecule has 3 rings (SSSR count). The molecule has 0 aromatic heterocycles. The maximum absolute atomic E-state index is 12.8. The molecule has 5 N–H and O–H groups in total. The van der Waals surface area contributed by atoms with Gasteiger partial charge in [-0.3, -0.25) is 0 Å². The molecule has 0 atom stereocenters. The molecule has 27 heavy (non-hydrogen) atoms. The van der Waals surface area contributed by atoms with Crippen molar-refractivity contribution in [3.05, 3.63) is 11.1 Å². The van der Waals surface area contributed by atoms with Crippen LogP contribution in [0.25, 0.3) is 0 Å². The van der Waals surface area contributed by atoms with Gasteiger partial charge in [-0.1, -0.05) is 0 Å². The molecule has 2 heterocycles. The first kappa shape index (κ1) is 21.6. The van der Waals surface area contributed by atoms with Crippen molar-refractivity contribution >= 4 is 53.0 Å². The number of aliphatic hydroxyl groups excluding tert-OH is 5. The summed E-state index contributed by atoms with van der Waals surface area (Å²) in [6.07, 6.45) is 0. The lowest BCUT2D eigenvalue weighted by atomic mass is 10.1. The van der Waals surface area contributed by atoms with Crippen molar-refractivity contribution in [2.24, 2.45) is 0 Å². The Hall–Kier alpha value is -0.110. The Balaban J connectivity index is 2.24. The predicted molar refractivity (Wildman–Crippen MR) is 106 cm³/mol. The van der Waals surface area contributed by atoms with E-state index in [0.717, 1.165) is 0 Å². The Morgan fingerprint density at radius 3 is 1.56 bits per heavy atom. The van der Waals surface area contributed by atoms with Crippen molar-refractivity contribution in [2.75, 3.05) is 33.0 Å². The molecule has 150 valence electrons. The van der Waals surface area contributed by atoms with E-state index in [1.165, 1.54) is 47.0 Å². The summed E-state index contributed by atoms with van der Waals surface area (Å²) in [5.41, 5.74) is 0.859. The fraction of sp³-hybridized carbons (Fsp3) is 0.562. The summed E-state index contributed by atoms with van der Waals surface area (Å²) in [5, 5.41) is 49.2. The Labute approximate surface area is 173 Å². The SMILES string of the molecule is CCOC(=O)c1c2c(c(CO)c3c1SC(CO)(CO)S3)SC(CO)(CO)S2. The average molecular weight is 453 g/mol. The molecular formula is C16H20O7S4. The van der Waals surface area contributed by atoms with E-state index in [9.17, 15) is 30.3 Å². The number of esters is 1. The molecule has 0 saturated carbocycles. The van der Waals surface area contributed by atoms with Gasteiger partial charge in [0.25, 0.3) is 0 Å². The number of carbonyl (C=O) groups is 1. The third-order valence-electron chi connectivity index (χ3n) is 4.17. The van der Waals surface area contributed by atoms with Gasteiger partial charge in [0.2, 0.25) is 0 Å². The van der Waals surface area contributed by atoms with Crippen LogP contribution in [0.2, 0.25) is 0 Å². The monoisotopic (exact) mass is 452 g/mol. The molecule has 7 nitrogen and oxygen atoms in total. The van der Waals surface area contributed by atoms with Crippen LogP contribution in [0.1, 0.15) is 22.8 Å². The molecule has 0 spiro atoms. The zero-order chi connectivity index (χ0) is 19.8. The highest BCUT2D eigenvalue weighted by Gasteiger charge is 2.49. The van der Waals surface area contributed by atoms with Crippen molar-refractivity contribution in [3.8, 4) is 0 Å². The van der Waals surface area contributed by atoms with Crippen molar-refractivity contribution in [2.45, 2.75) is 41.3 Å². The van der Waals surface area contributed by atoms with Crippen LogP contribution in [0, 0.1) is 0 Å². The fourth-order valence-electron chi connectivity index (χ4n) is 2.79. The first-order chi connectivity index (χ1) is 12.9. The number of hydrogen-bond acceptors (Lipinski definition) is 11. The highest BCUT2D eigenvalue weighted by atomic mass is 32.2. The molecule has 0 unspecified atom stereocenters. The second kappa shape index (κ2) is 8.33. The van der Waals surface area contributed by atoms with Gasteiger partial charge in [0.15, 0.2) is 0 Å². The van der Waals surface area contributed by atoms with Crippen LogP contribution in [0.5, 0.6) is 0 Å². The van der Waals surface area contributed by atoms with Crippen LogP contribution < -0.4 is 0 Å². The quantitative estimate of drug-likeness (QED) is 0.382. The van der Waals surface area contributed by atoms with Gasteiger partial charge in [-0.25, -0.2) is 4.79 Å². The van der Waals surface area contributed by atoms with E-state index in [0.29, 0.717) is 30.7 Å². The Bertz CT molecular complexity index is 698. The minimum Gasteiger partial charge on any atom is -0.462 e. The Morgan fingerprint density at radius 1 is 0.815 bits per heavy atom. The molecule has 0 fully saturated rings. The van der Waals surface area contributed by atoms with Gasteiger partial charge in [0.05, 0.1) is 45.2 Å². The van der Waals surface area contributed by atoms with Crippen molar-refractivity contribution in [1.82, 2.24) is 0 Å². The summed E-state index contributed by atoms with van der Waals surface area (Å²) in [5.74, 6) is -0.547. The third-order valence-corrected chi connectivity index (χ3v) is 10.5. The summed E-state index contributed by atoms with van der Waals surface area (Å²) in [7, 11) is 0. The van der Waals surface area contributed by atoms with E-state index in [1.54, 1.807) is 6.92 Å². The van der Waals surface area contributed by atoms with E-state index in [2.05, 4.69) is 0 Å². The fourth-order valence-corrected chi connectivity index (χ4v) is 8.74. The summed E-state index contributed by atoms with van der Waals surface area (Å²) >= 11 is 4.78. The minimum atomic E-state index is -0.955. The van der Waals surface area contributed by atoms with Gasteiger partial charge in [-0.15, -0.1) is 47.0 Å². The van der Waals surface area contributed by atoms with E-state index < -0.39 is 14.1 Å². The van der Waals surface area contributed by atoms with Gasteiger partial charge in [-0.05, 0) is 6.92 Å². The van der Waals surface area contributed by atoms with Crippen molar-refractivity contribution in [1.29, 1.82) is 0 Å². The molecule has 0 aliphatic carbocycles. The molecule has 0 radical (unpaired) electrons. The number of aliphatic hydroxyl groups is 5. The molecule has 2 aliphatic heterocycles. The summed E-state index contributed by atoms with van der Waals surface area (Å²) in [6.45, 7) is 0.295. The zero-order valence-electron chi connectivity index (χ0n) is 14.4. The minimum absolute atomic E-state index is 0.177. The van der Waals surface area contributed by atoms with E-state index in [1.807, 2.05) is 0 Å². The van der Waals surface area contributed by atoms with Crippen LogP contribution in [0.4, 0.5) is 0 Å². The standard InChI is InChI=1S/C16H20O7S4/c1-2-23-14(22)9-12-10(24-15(4-18,5-19)26-12)8(3-17)11-13(9)27-16(6-20,7-21)25-11/h17-21H,2-7H2,1H3. The van der Waals surface area contributed by atoms with Gasteiger partial charge in [0.1, 0.15) is 8.16 Å². The maximum atomic E-state index is 12.8. The smallest absolute Gasteiger partial charge is 0.340 e.